The number of hydrogen-bond donors (Lipinski definition) is 1. The molecular weight excluding hydrogens is 324 g/mol. The molecule has 0 saturated carbocycles. The summed E-state index contributed by atoms with van der Waals surface area (Å²) in [6, 6.07) is 19.3. The molecule has 3 heteroatoms. The van der Waals surface area contributed by atoms with Crippen LogP contribution in [0, 0.1) is 20.8 Å². The third-order valence-corrected chi connectivity index (χ3v) is 4.51. The minimum Gasteiger partial charge on any atom is -0.489 e. The van der Waals surface area contributed by atoms with Crippen LogP contribution in [0.4, 0.5) is 0 Å². The van der Waals surface area contributed by atoms with Crippen molar-refractivity contribution in [3.8, 4) is 16.9 Å². The highest BCUT2D eigenvalue weighted by atomic mass is 16.5. The average molecular weight is 346 g/mol. The third-order valence-electron chi connectivity index (χ3n) is 4.51. The SMILES string of the molecule is Cc1ccc(C(=O)O)cc1-c1c(C)cc(OCc2ccccc2)cc1C. The molecule has 1 N–H and O–H groups in total. The first kappa shape index (κ1) is 17.7. The number of ether oxygens (including phenoxy) is 1. The zero-order valence-electron chi connectivity index (χ0n) is 15.2. The number of carboxylic acid groups (broad SMARTS) is 1. The molecule has 0 heterocycles. The van der Waals surface area contributed by atoms with E-state index in [0.29, 0.717) is 12.2 Å². The molecule has 0 spiro atoms. The molecule has 3 aromatic rings. The van der Waals surface area contributed by atoms with Crippen molar-refractivity contribution in [2.24, 2.45) is 0 Å². The van der Waals surface area contributed by atoms with Gasteiger partial charge < -0.3 is 9.84 Å². The van der Waals surface area contributed by atoms with Crippen molar-refractivity contribution in [1.82, 2.24) is 0 Å². The second-order valence-electron chi connectivity index (χ2n) is 6.54. The summed E-state index contributed by atoms with van der Waals surface area (Å²) in [5, 5.41) is 9.29. The first-order chi connectivity index (χ1) is 12.5. The van der Waals surface area contributed by atoms with Gasteiger partial charge in [0.25, 0.3) is 0 Å². The molecule has 3 rings (SSSR count). The molecule has 26 heavy (non-hydrogen) atoms. The Kier molecular flexibility index (Phi) is 5.08. The van der Waals surface area contributed by atoms with E-state index in [-0.39, 0.29) is 0 Å². The van der Waals surface area contributed by atoms with Crippen molar-refractivity contribution < 1.29 is 14.6 Å². The molecular formula is C23H22O3. The zero-order chi connectivity index (χ0) is 18.7. The Morgan fingerprint density at radius 2 is 1.54 bits per heavy atom. The third kappa shape index (κ3) is 3.77. The number of aryl methyl sites for hydroxylation is 3. The Bertz CT molecular complexity index is 920. The Balaban J connectivity index is 1.93. The maximum Gasteiger partial charge on any atom is 0.335 e. The van der Waals surface area contributed by atoms with Crippen LogP contribution in [-0.2, 0) is 6.61 Å². The minimum atomic E-state index is -0.913. The van der Waals surface area contributed by atoms with E-state index in [1.165, 1.54) is 0 Å². The van der Waals surface area contributed by atoms with E-state index in [1.807, 2.05) is 69.3 Å². The van der Waals surface area contributed by atoms with Gasteiger partial charge in [-0.05, 0) is 78.4 Å². The smallest absolute Gasteiger partial charge is 0.335 e. The normalized spacial score (nSPS) is 10.6. The highest BCUT2D eigenvalue weighted by molar-refractivity contribution is 5.90. The van der Waals surface area contributed by atoms with Gasteiger partial charge in [0.15, 0.2) is 0 Å². The largest absolute Gasteiger partial charge is 0.489 e. The Morgan fingerprint density at radius 3 is 2.15 bits per heavy atom. The first-order valence-corrected chi connectivity index (χ1v) is 8.58. The summed E-state index contributed by atoms with van der Waals surface area (Å²) in [5.41, 5.74) is 6.63. The van der Waals surface area contributed by atoms with Crippen LogP contribution in [0.15, 0.2) is 60.7 Å². The molecule has 0 aliphatic rings. The van der Waals surface area contributed by atoms with E-state index in [9.17, 15) is 9.90 Å². The van der Waals surface area contributed by atoms with Crippen LogP contribution in [0.1, 0.15) is 32.6 Å². The predicted molar refractivity (Wildman–Crippen MR) is 104 cm³/mol. The molecule has 0 atom stereocenters. The maximum absolute atomic E-state index is 11.3. The van der Waals surface area contributed by atoms with Crippen LogP contribution in [0.25, 0.3) is 11.1 Å². The fourth-order valence-electron chi connectivity index (χ4n) is 3.20. The molecule has 0 bridgehead atoms. The molecule has 0 radical (unpaired) electrons. The molecule has 0 amide bonds. The summed E-state index contributed by atoms with van der Waals surface area (Å²) in [6.45, 7) is 6.58. The Labute approximate surface area is 153 Å². The van der Waals surface area contributed by atoms with Gasteiger partial charge in [0.05, 0.1) is 5.56 Å². The lowest BCUT2D eigenvalue weighted by Gasteiger charge is -2.16. The van der Waals surface area contributed by atoms with Crippen LogP contribution in [0.5, 0.6) is 5.75 Å². The van der Waals surface area contributed by atoms with Crippen LogP contribution < -0.4 is 4.74 Å². The molecule has 0 unspecified atom stereocenters. The van der Waals surface area contributed by atoms with Crippen LogP contribution in [0.2, 0.25) is 0 Å². The fourth-order valence-corrected chi connectivity index (χ4v) is 3.20. The highest BCUT2D eigenvalue weighted by Crippen LogP contribution is 2.34. The molecule has 0 aliphatic carbocycles. The number of carbonyl (C=O) groups is 1. The number of aromatic carboxylic acids is 1. The summed E-state index contributed by atoms with van der Waals surface area (Å²) in [4.78, 5) is 11.3. The standard InChI is InChI=1S/C23H22O3/c1-15-9-10-19(23(24)25)13-21(15)22-16(2)11-20(12-17(22)3)26-14-18-7-5-4-6-8-18/h4-13H,14H2,1-3H3,(H,24,25). The molecule has 0 saturated heterocycles. The van der Waals surface area contributed by atoms with E-state index >= 15 is 0 Å². The van der Waals surface area contributed by atoms with E-state index < -0.39 is 5.97 Å². The molecule has 132 valence electrons. The van der Waals surface area contributed by atoms with E-state index in [2.05, 4.69) is 0 Å². The van der Waals surface area contributed by atoms with Gasteiger partial charge in [-0.2, -0.15) is 0 Å². The van der Waals surface area contributed by atoms with E-state index in [1.54, 1.807) is 12.1 Å². The second kappa shape index (κ2) is 7.44. The number of rotatable bonds is 5. The predicted octanol–water partition coefficient (Wildman–Crippen LogP) is 5.56. The van der Waals surface area contributed by atoms with Gasteiger partial charge in [-0.3, -0.25) is 0 Å². The number of carboxylic acids is 1. The maximum atomic E-state index is 11.3. The van der Waals surface area contributed by atoms with Gasteiger partial charge in [-0.25, -0.2) is 4.79 Å². The first-order valence-electron chi connectivity index (χ1n) is 8.58. The van der Waals surface area contributed by atoms with E-state index in [4.69, 9.17) is 4.74 Å². The zero-order valence-corrected chi connectivity index (χ0v) is 15.2. The molecule has 3 nitrogen and oxygen atoms in total. The van der Waals surface area contributed by atoms with Crippen LogP contribution in [0.3, 0.4) is 0 Å². The van der Waals surface area contributed by atoms with Crippen molar-refractivity contribution in [2.75, 3.05) is 0 Å². The van der Waals surface area contributed by atoms with Gasteiger partial charge in [0, 0.05) is 0 Å². The summed E-state index contributed by atoms with van der Waals surface area (Å²) >= 11 is 0. The van der Waals surface area contributed by atoms with Crippen LogP contribution in [-0.4, -0.2) is 11.1 Å². The summed E-state index contributed by atoms with van der Waals surface area (Å²) in [7, 11) is 0. The number of benzene rings is 3. The van der Waals surface area contributed by atoms with Crippen molar-refractivity contribution in [3.05, 3.63) is 88.5 Å². The summed E-state index contributed by atoms with van der Waals surface area (Å²) in [6.07, 6.45) is 0. The average Bonchev–Trinajstić information content (AvgIpc) is 2.61. The van der Waals surface area contributed by atoms with E-state index in [0.717, 1.165) is 39.1 Å². The van der Waals surface area contributed by atoms with Gasteiger partial charge in [0.1, 0.15) is 12.4 Å². The lowest BCUT2D eigenvalue weighted by Crippen LogP contribution is -2.00. The molecule has 3 aromatic carbocycles. The van der Waals surface area contributed by atoms with Gasteiger partial charge in [-0.1, -0.05) is 36.4 Å². The second-order valence-corrected chi connectivity index (χ2v) is 6.54. The van der Waals surface area contributed by atoms with Crippen molar-refractivity contribution in [3.63, 3.8) is 0 Å². The highest BCUT2D eigenvalue weighted by Gasteiger charge is 2.13. The fraction of sp³-hybridized carbons (Fsp3) is 0.174. The molecule has 0 aromatic heterocycles. The number of hydrogen-bond acceptors (Lipinski definition) is 2. The topological polar surface area (TPSA) is 46.5 Å². The summed E-state index contributed by atoms with van der Waals surface area (Å²) in [5.74, 6) is -0.0935. The minimum absolute atomic E-state index is 0.300. The van der Waals surface area contributed by atoms with Crippen molar-refractivity contribution >= 4 is 5.97 Å². The lowest BCUT2D eigenvalue weighted by atomic mass is 9.91. The van der Waals surface area contributed by atoms with Gasteiger partial charge in [0.2, 0.25) is 0 Å². The molecule has 0 aliphatic heterocycles. The Hall–Kier alpha value is -3.07. The Morgan fingerprint density at radius 1 is 0.885 bits per heavy atom. The lowest BCUT2D eigenvalue weighted by molar-refractivity contribution is 0.0697. The summed E-state index contributed by atoms with van der Waals surface area (Å²) < 4.78 is 5.94. The van der Waals surface area contributed by atoms with Gasteiger partial charge in [-0.15, -0.1) is 0 Å². The van der Waals surface area contributed by atoms with Crippen LogP contribution >= 0.6 is 0 Å². The quantitative estimate of drug-likeness (QED) is 0.658. The van der Waals surface area contributed by atoms with Gasteiger partial charge >= 0.3 is 5.97 Å². The monoisotopic (exact) mass is 346 g/mol. The molecule has 0 fully saturated rings. The van der Waals surface area contributed by atoms with Crippen molar-refractivity contribution in [1.29, 1.82) is 0 Å². The van der Waals surface area contributed by atoms with Crippen molar-refractivity contribution in [2.45, 2.75) is 27.4 Å².